The van der Waals surface area contributed by atoms with Crippen LogP contribution in [-0.2, 0) is 10.0 Å². The van der Waals surface area contributed by atoms with Gasteiger partial charge in [-0.15, -0.1) is 0 Å². The van der Waals surface area contributed by atoms with E-state index in [1.165, 1.54) is 6.26 Å². The predicted octanol–water partition coefficient (Wildman–Crippen LogP) is 1.57. The Bertz CT molecular complexity index is 332. The van der Waals surface area contributed by atoms with Crippen LogP contribution in [0.15, 0.2) is 0 Å². The highest BCUT2D eigenvalue weighted by molar-refractivity contribution is 9.12. The lowest BCUT2D eigenvalue weighted by Gasteiger charge is -2.51. The zero-order chi connectivity index (χ0) is 10.5. The molecular formula is C8H13Br2NO2S. The summed E-state index contributed by atoms with van der Waals surface area (Å²) in [7, 11) is -2.98. The molecule has 4 atom stereocenters. The Morgan fingerprint density at radius 3 is 2.36 bits per heavy atom. The maximum Gasteiger partial charge on any atom is 0.211 e. The molecule has 14 heavy (non-hydrogen) atoms. The number of nitrogens with zero attached hydrogens (tertiary/aromatic N) is 1. The fraction of sp³-hybridized carbons (Fsp3) is 1.00. The molecule has 2 fully saturated rings. The molecule has 1 aliphatic carbocycles. The molecule has 0 spiro atoms. The summed E-state index contributed by atoms with van der Waals surface area (Å²) in [6, 6.07) is 0.239. The van der Waals surface area contributed by atoms with E-state index in [2.05, 4.69) is 31.9 Å². The van der Waals surface area contributed by atoms with E-state index in [9.17, 15) is 8.42 Å². The average molecular weight is 347 g/mol. The third kappa shape index (κ3) is 1.90. The van der Waals surface area contributed by atoms with Gasteiger partial charge in [0.2, 0.25) is 10.0 Å². The van der Waals surface area contributed by atoms with Crippen molar-refractivity contribution in [2.75, 3.05) is 12.8 Å². The fourth-order valence-electron chi connectivity index (χ4n) is 2.32. The summed E-state index contributed by atoms with van der Waals surface area (Å²) >= 11 is 7.19. The standard InChI is InChI=1S/C8H13Br2NO2S/c1-14(12,13)11-4-5-2-6(9)7(10)3-8(5)11/h5-8H,2-4H2,1H3/t5-,6-,7-,8-/m0/s1. The van der Waals surface area contributed by atoms with E-state index in [0.717, 1.165) is 12.8 Å². The molecule has 0 radical (unpaired) electrons. The highest BCUT2D eigenvalue weighted by Crippen LogP contribution is 2.43. The van der Waals surface area contributed by atoms with E-state index in [-0.39, 0.29) is 6.04 Å². The van der Waals surface area contributed by atoms with Gasteiger partial charge in [0.25, 0.3) is 0 Å². The van der Waals surface area contributed by atoms with Gasteiger partial charge in [-0.1, -0.05) is 31.9 Å². The van der Waals surface area contributed by atoms with Gasteiger partial charge >= 0.3 is 0 Å². The van der Waals surface area contributed by atoms with Crippen LogP contribution in [0.3, 0.4) is 0 Å². The van der Waals surface area contributed by atoms with E-state index in [1.54, 1.807) is 4.31 Å². The number of fused-ring (bicyclic) bond motifs is 1. The molecule has 0 bridgehead atoms. The van der Waals surface area contributed by atoms with Gasteiger partial charge in [0, 0.05) is 22.2 Å². The number of alkyl halides is 2. The number of hydrogen-bond acceptors (Lipinski definition) is 2. The Labute approximate surface area is 102 Å². The number of rotatable bonds is 1. The van der Waals surface area contributed by atoms with Crippen LogP contribution in [0.25, 0.3) is 0 Å². The Morgan fingerprint density at radius 2 is 1.79 bits per heavy atom. The van der Waals surface area contributed by atoms with Crippen LogP contribution in [0.1, 0.15) is 12.8 Å². The molecule has 1 saturated heterocycles. The van der Waals surface area contributed by atoms with Crippen LogP contribution >= 0.6 is 31.9 Å². The van der Waals surface area contributed by atoms with Crippen LogP contribution < -0.4 is 0 Å². The summed E-state index contributed by atoms with van der Waals surface area (Å²) in [6.45, 7) is 0.714. The second kappa shape index (κ2) is 3.71. The minimum Gasteiger partial charge on any atom is -0.212 e. The van der Waals surface area contributed by atoms with Crippen LogP contribution in [0, 0.1) is 5.92 Å². The molecule has 1 saturated carbocycles. The van der Waals surface area contributed by atoms with Crippen molar-refractivity contribution in [3.8, 4) is 0 Å². The van der Waals surface area contributed by atoms with Gasteiger partial charge in [-0.3, -0.25) is 0 Å². The van der Waals surface area contributed by atoms with Crippen LogP contribution in [0.5, 0.6) is 0 Å². The van der Waals surface area contributed by atoms with E-state index < -0.39 is 10.0 Å². The Kier molecular flexibility index (Phi) is 3.01. The molecule has 0 amide bonds. The van der Waals surface area contributed by atoms with Crippen molar-refractivity contribution < 1.29 is 8.42 Å². The molecule has 2 aliphatic rings. The highest BCUT2D eigenvalue weighted by atomic mass is 79.9. The van der Waals surface area contributed by atoms with Gasteiger partial charge in [-0.2, -0.15) is 4.31 Å². The molecule has 6 heteroatoms. The molecule has 0 aromatic rings. The lowest BCUT2D eigenvalue weighted by atomic mass is 9.79. The van der Waals surface area contributed by atoms with Crippen molar-refractivity contribution >= 4 is 41.9 Å². The first-order valence-corrected chi connectivity index (χ1v) is 8.32. The molecule has 0 N–H and O–H groups in total. The van der Waals surface area contributed by atoms with Crippen molar-refractivity contribution in [3.05, 3.63) is 0 Å². The lowest BCUT2D eigenvalue weighted by molar-refractivity contribution is 0.0675. The lowest BCUT2D eigenvalue weighted by Crippen LogP contribution is -2.62. The smallest absolute Gasteiger partial charge is 0.211 e. The number of sulfonamides is 1. The van der Waals surface area contributed by atoms with Gasteiger partial charge < -0.3 is 0 Å². The van der Waals surface area contributed by atoms with Crippen molar-refractivity contribution in [1.29, 1.82) is 0 Å². The third-order valence-corrected chi connectivity index (χ3v) is 7.15. The summed E-state index contributed by atoms with van der Waals surface area (Å²) in [5.41, 5.74) is 0. The van der Waals surface area contributed by atoms with Crippen LogP contribution in [-0.4, -0.2) is 41.2 Å². The summed E-state index contributed by atoms with van der Waals surface area (Å²) in [5.74, 6) is 0.558. The highest BCUT2D eigenvalue weighted by Gasteiger charge is 2.48. The second-order valence-corrected chi connectivity index (χ2v) is 8.45. The van der Waals surface area contributed by atoms with Gasteiger partial charge in [0.1, 0.15) is 0 Å². The quantitative estimate of drug-likeness (QED) is 0.676. The molecule has 1 heterocycles. The molecule has 0 unspecified atom stereocenters. The Morgan fingerprint density at radius 1 is 1.21 bits per heavy atom. The fourth-order valence-corrected chi connectivity index (χ4v) is 4.83. The molecule has 3 nitrogen and oxygen atoms in total. The summed E-state index contributed by atoms with van der Waals surface area (Å²) < 4.78 is 24.3. The number of hydrogen-bond donors (Lipinski definition) is 0. The summed E-state index contributed by atoms with van der Waals surface area (Å²) in [4.78, 5) is 0.888. The summed E-state index contributed by atoms with van der Waals surface area (Å²) in [5, 5.41) is 0. The molecular weight excluding hydrogens is 334 g/mol. The van der Waals surface area contributed by atoms with Gasteiger partial charge in [0.15, 0.2) is 0 Å². The zero-order valence-electron chi connectivity index (χ0n) is 7.86. The predicted molar refractivity (Wildman–Crippen MR) is 63.5 cm³/mol. The van der Waals surface area contributed by atoms with Gasteiger partial charge in [-0.25, -0.2) is 8.42 Å². The van der Waals surface area contributed by atoms with E-state index in [4.69, 9.17) is 0 Å². The zero-order valence-corrected chi connectivity index (χ0v) is 11.8. The van der Waals surface area contributed by atoms with Crippen LogP contribution in [0.4, 0.5) is 0 Å². The first-order chi connectivity index (χ1) is 6.39. The van der Waals surface area contributed by atoms with Crippen molar-refractivity contribution in [1.82, 2.24) is 4.31 Å². The minimum absolute atomic E-state index is 0.239. The molecule has 2 rings (SSSR count). The van der Waals surface area contributed by atoms with E-state index >= 15 is 0 Å². The first kappa shape index (κ1) is 11.4. The van der Waals surface area contributed by atoms with Gasteiger partial charge in [-0.05, 0) is 18.8 Å². The van der Waals surface area contributed by atoms with Crippen molar-refractivity contribution in [3.63, 3.8) is 0 Å². The van der Waals surface area contributed by atoms with Crippen molar-refractivity contribution in [2.45, 2.75) is 28.5 Å². The maximum atomic E-state index is 11.4. The monoisotopic (exact) mass is 345 g/mol. The maximum absolute atomic E-state index is 11.4. The third-order valence-electron chi connectivity index (χ3n) is 3.14. The van der Waals surface area contributed by atoms with E-state index in [0.29, 0.717) is 22.1 Å². The molecule has 0 aromatic heterocycles. The Hall–Kier alpha value is 0.870. The van der Waals surface area contributed by atoms with E-state index in [1.807, 2.05) is 0 Å². The van der Waals surface area contributed by atoms with Crippen molar-refractivity contribution in [2.24, 2.45) is 5.92 Å². The topological polar surface area (TPSA) is 37.4 Å². The molecule has 1 aliphatic heterocycles. The molecule has 82 valence electrons. The summed E-state index contributed by atoms with van der Waals surface area (Å²) in [6.07, 6.45) is 3.30. The number of halogens is 2. The van der Waals surface area contributed by atoms with Crippen LogP contribution in [0.2, 0.25) is 0 Å². The molecule has 0 aromatic carbocycles. The first-order valence-electron chi connectivity index (χ1n) is 4.64. The average Bonchev–Trinajstić information content (AvgIpc) is 2.01. The largest absolute Gasteiger partial charge is 0.212 e. The Balaban J connectivity index is 2.07. The second-order valence-electron chi connectivity index (χ2n) is 4.16. The van der Waals surface area contributed by atoms with Gasteiger partial charge in [0.05, 0.1) is 6.26 Å². The normalized spacial score (nSPS) is 44.2. The minimum atomic E-state index is -2.98. The SMILES string of the molecule is CS(=O)(=O)N1C[C@@H]2C[C@H](Br)[C@@H](Br)C[C@@H]21.